The lowest BCUT2D eigenvalue weighted by atomic mass is 10.0. The minimum Gasteiger partial charge on any atom is -0.351 e. The van der Waals surface area contributed by atoms with Crippen LogP contribution in [0.5, 0.6) is 0 Å². The molecule has 0 spiro atoms. The number of nitrogens with zero attached hydrogens (tertiary/aromatic N) is 4. The zero-order valence-corrected chi connectivity index (χ0v) is 19.9. The molecule has 34 heavy (non-hydrogen) atoms. The third kappa shape index (κ3) is 5.43. The van der Waals surface area contributed by atoms with E-state index >= 15 is 0 Å². The summed E-state index contributed by atoms with van der Waals surface area (Å²) >= 11 is 1.22. The molecule has 0 bridgehead atoms. The van der Waals surface area contributed by atoms with E-state index in [1.54, 1.807) is 0 Å². The van der Waals surface area contributed by atoms with E-state index in [1.807, 2.05) is 65.2 Å². The molecule has 0 aliphatic rings. The largest absolute Gasteiger partial charge is 0.351 e. The number of hydrogen-bond donors (Lipinski definition) is 2. The topological polar surface area (TPSA) is 116 Å². The number of benzene rings is 2. The highest BCUT2D eigenvalue weighted by atomic mass is 32.2. The van der Waals surface area contributed by atoms with Gasteiger partial charge in [-0.25, -0.2) is 9.78 Å². The molecule has 8 nitrogen and oxygen atoms in total. The summed E-state index contributed by atoms with van der Waals surface area (Å²) in [6, 6.07) is 19.2. The van der Waals surface area contributed by atoms with Gasteiger partial charge in [-0.3, -0.25) is 10.1 Å². The van der Waals surface area contributed by atoms with Crippen molar-refractivity contribution in [3.05, 3.63) is 60.7 Å². The van der Waals surface area contributed by atoms with Crippen LogP contribution in [-0.2, 0) is 11.3 Å². The van der Waals surface area contributed by atoms with E-state index in [-0.39, 0.29) is 5.75 Å². The van der Waals surface area contributed by atoms with Crippen molar-refractivity contribution in [3.63, 3.8) is 0 Å². The summed E-state index contributed by atoms with van der Waals surface area (Å²) in [4.78, 5) is 27.8. The van der Waals surface area contributed by atoms with Crippen LogP contribution >= 0.6 is 11.8 Å². The number of primary amides is 1. The Balaban J connectivity index is 1.79. The minimum absolute atomic E-state index is 0.00904. The summed E-state index contributed by atoms with van der Waals surface area (Å²) in [6.07, 6.45) is 0.917. The van der Waals surface area contributed by atoms with Crippen LogP contribution in [0.25, 0.3) is 33.5 Å². The van der Waals surface area contributed by atoms with Crippen molar-refractivity contribution in [2.24, 2.45) is 11.7 Å². The van der Waals surface area contributed by atoms with Gasteiger partial charge < -0.3 is 10.3 Å². The van der Waals surface area contributed by atoms with Gasteiger partial charge in [-0.15, -0.1) is 10.2 Å². The molecule has 9 heteroatoms. The number of rotatable bonds is 8. The van der Waals surface area contributed by atoms with Gasteiger partial charge >= 0.3 is 6.03 Å². The fourth-order valence-electron chi connectivity index (χ4n) is 3.60. The standard InChI is InChI=1S/C25H26N6O2S/c1-16(2)12-13-31-23(29-30-25(31)34-15-22(32)28-24(26)33)19-14-21(17-8-4-3-5-9-17)27-20-11-7-6-10-18(19)20/h3-11,14,16H,12-13,15H2,1-2H3,(H3,26,28,32,33). The van der Waals surface area contributed by atoms with Crippen molar-refractivity contribution >= 4 is 34.6 Å². The normalized spacial score (nSPS) is 11.1. The molecule has 2 aromatic carbocycles. The van der Waals surface area contributed by atoms with Crippen LogP contribution in [0.15, 0.2) is 65.8 Å². The lowest BCUT2D eigenvalue weighted by Gasteiger charge is -2.14. The number of nitrogens with one attached hydrogen (secondary N) is 1. The number of amides is 3. The minimum atomic E-state index is -0.871. The molecule has 174 valence electrons. The van der Waals surface area contributed by atoms with Gasteiger partial charge in [-0.1, -0.05) is 74.1 Å². The van der Waals surface area contributed by atoms with Crippen LogP contribution in [0.4, 0.5) is 4.79 Å². The number of pyridine rings is 1. The summed E-state index contributed by atoms with van der Waals surface area (Å²) in [5, 5.41) is 12.6. The molecule has 2 heterocycles. The first-order chi connectivity index (χ1) is 16.4. The maximum absolute atomic E-state index is 12.0. The fraction of sp³-hybridized carbons (Fsp3) is 0.240. The number of nitrogens with two attached hydrogens (primary N) is 1. The van der Waals surface area contributed by atoms with E-state index in [0.717, 1.165) is 34.1 Å². The molecule has 0 radical (unpaired) electrons. The summed E-state index contributed by atoms with van der Waals surface area (Å²) in [5.41, 5.74) is 8.71. The molecule has 0 aliphatic heterocycles. The van der Waals surface area contributed by atoms with E-state index in [9.17, 15) is 9.59 Å². The fourth-order valence-corrected chi connectivity index (χ4v) is 4.37. The number of carbonyl (C=O) groups is 2. The first kappa shape index (κ1) is 23.4. The van der Waals surface area contributed by atoms with Crippen molar-refractivity contribution in [1.29, 1.82) is 0 Å². The number of para-hydroxylation sites is 1. The Labute approximate surface area is 202 Å². The van der Waals surface area contributed by atoms with Gasteiger partial charge in [0.15, 0.2) is 11.0 Å². The molecule has 4 rings (SSSR count). The molecule has 3 N–H and O–H groups in total. The highest BCUT2D eigenvalue weighted by molar-refractivity contribution is 7.99. The predicted molar refractivity (Wildman–Crippen MR) is 134 cm³/mol. The molecule has 0 unspecified atom stereocenters. The summed E-state index contributed by atoms with van der Waals surface area (Å²) < 4.78 is 2.04. The molecule has 0 saturated carbocycles. The van der Waals surface area contributed by atoms with E-state index in [1.165, 1.54) is 11.8 Å². The highest BCUT2D eigenvalue weighted by Gasteiger charge is 2.19. The van der Waals surface area contributed by atoms with Gasteiger partial charge in [0, 0.05) is 23.1 Å². The van der Waals surface area contributed by atoms with Crippen LogP contribution in [0.1, 0.15) is 20.3 Å². The van der Waals surface area contributed by atoms with E-state index < -0.39 is 11.9 Å². The molecule has 0 atom stereocenters. The first-order valence-corrected chi connectivity index (χ1v) is 12.0. The quantitative estimate of drug-likeness (QED) is 0.364. The predicted octanol–water partition coefficient (Wildman–Crippen LogP) is 4.49. The number of aromatic nitrogens is 4. The lowest BCUT2D eigenvalue weighted by Crippen LogP contribution is -2.36. The molecule has 2 aromatic heterocycles. The van der Waals surface area contributed by atoms with Gasteiger partial charge in [-0.05, 0) is 24.5 Å². The number of thioether (sulfide) groups is 1. The van der Waals surface area contributed by atoms with Gasteiger partial charge in [0.2, 0.25) is 5.91 Å². The van der Waals surface area contributed by atoms with Crippen molar-refractivity contribution in [2.75, 3.05) is 5.75 Å². The Bertz CT molecular complexity index is 1320. The van der Waals surface area contributed by atoms with E-state index in [2.05, 4.69) is 29.4 Å². The number of imide groups is 1. The summed E-state index contributed by atoms with van der Waals surface area (Å²) in [5.74, 6) is 0.725. The molecular formula is C25H26N6O2S. The second-order valence-electron chi connectivity index (χ2n) is 8.28. The van der Waals surface area contributed by atoms with E-state index in [4.69, 9.17) is 10.7 Å². The Morgan fingerprint density at radius 2 is 1.79 bits per heavy atom. The summed E-state index contributed by atoms with van der Waals surface area (Å²) in [6.45, 7) is 5.01. The Hall–Kier alpha value is -3.72. The number of fused-ring (bicyclic) bond motifs is 1. The van der Waals surface area contributed by atoms with Crippen LogP contribution in [0.2, 0.25) is 0 Å². The highest BCUT2D eigenvalue weighted by Crippen LogP contribution is 2.33. The zero-order valence-electron chi connectivity index (χ0n) is 19.1. The molecule has 0 aliphatic carbocycles. The third-order valence-corrected chi connectivity index (χ3v) is 6.24. The van der Waals surface area contributed by atoms with Crippen LogP contribution in [0, 0.1) is 5.92 Å². The van der Waals surface area contributed by atoms with Crippen LogP contribution < -0.4 is 11.1 Å². The molecule has 3 amide bonds. The Morgan fingerprint density at radius 3 is 2.53 bits per heavy atom. The van der Waals surface area contributed by atoms with E-state index in [0.29, 0.717) is 23.4 Å². The van der Waals surface area contributed by atoms with Gasteiger partial charge in [0.05, 0.1) is 17.0 Å². The maximum Gasteiger partial charge on any atom is 0.318 e. The van der Waals surface area contributed by atoms with Gasteiger partial charge in [-0.2, -0.15) is 0 Å². The lowest BCUT2D eigenvalue weighted by molar-refractivity contribution is -0.117. The monoisotopic (exact) mass is 474 g/mol. The number of carbonyl (C=O) groups excluding carboxylic acids is 2. The average molecular weight is 475 g/mol. The van der Waals surface area contributed by atoms with Gasteiger partial charge in [0.1, 0.15) is 0 Å². The van der Waals surface area contributed by atoms with Crippen molar-refractivity contribution in [3.8, 4) is 22.6 Å². The van der Waals surface area contributed by atoms with Crippen molar-refractivity contribution in [1.82, 2.24) is 25.1 Å². The van der Waals surface area contributed by atoms with Gasteiger partial charge in [0.25, 0.3) is 0 Å². The third-order valence-electron chi connectivity index (χ3n) is 5.27. The second kappa shape index (κ2) is 10.5. The Morgan fingerprint density at radius 1 is 1.06 bits per heavy atom. The molecule has 4 aromatic rings. The molecular weight excluding hydrogens is 448 g/mol. The first-order valence-electron chi connectivity index (χ1n) is 11.0. The van der Waals surface area contributed by atoms with Crippen LogP contribution in [-0.4, -0.2) is 37.4 Å². The smallest absolute Gasteiger partial charge is 0.318 e. The number of urea groups is 1. The maximum atomic E-state index is 12.0. The van der Waals surface area contributed by atoms with Crippen LogP contribution in [0.3, 0.4) is 0 Å². The second-order valence-corrected chi connectivity index (χ2v) is 9.22. The molecule has 0 fully saturated rings. The Kier molecular flexibility index (Phi) is 7.22. The zero-order chi connectivity index (χ0) is 24.1. The summed E-state index contributed by atoms with van der Waals surface area (Å²) in [7, 11) is 0. The SMILES string of the molecule is CC(C)CCn1c(SCC(=O)NC(N)=O)nnc1-c1cc(-c2ccccc2)nc2ccccc12. The number of hydrogen-bond acceptors (Lipinski definition) is 6. The van der Waals surface area contributed by atoms with Crippen molar-refractivity contribution < 1.29 is 9.59 Å². The average Bonchev–Trinajstić information content (AvgIpc) is 3.23. The van der Waals surface area contributed by atoms with Crippen molar-refractivity contribution in [2.45, 2.75) is 32.0 Å². The molecule has 0 saturated heterocycles.